The standard InChI is InChI=1S/C18H23N3O4.ClH/c22-16(12-20-9-1-3-15(20)18(24)25)19-11-13-5-7-14(8-6-13)21-10-2-4-17(21)23;/h5-8,15H,1-4,9-12H2,(H,19,22)(H,24,25);1H/t15-;/m0./s1. The number of anilines is 1. The van der Waals surface area contributed by atoms with E-state index in [-0.39, 0.29) is 30.8 Å². The van der Waals surface area contributed by atoms with Crippen molar-refractivity contribution < 1.29 is 19.5 Å². The number of rotatable bonds is 6. The lowest BCUT2D eigenvalue weighted by molar-refractivity contribution is -0.142. The van der Waals surface area contributed by atoms with Gasteiger partial charge in [0.25, 0.3) is 0 Å². The molecule has 3 rings (SSSR count). The molecule has 8 heteroatoms. The Labute approximate surface area is 158 Å². The van der Waals surface area contributed by atoms with Gasteiger partial charge in [0.15, 0.2) is 0 Å². The molecule has 2 heterocycles. The van der Waals surface area contributed by atoms with Gasteiger partial charge in [-0.1, -0.05) is 12.1 Å². The van der Waals surface area contributed by atoms with Crippen LogP contribution in [-0.4, -0.2) is 53.5 Å². The molecule has 2 aliphatic heterocycles. The van der Waals surface area contributed by atoms with Gasteiger partial charge in [0, 0.05) is 25.2 Å². The van der Waals surface area contributed by atoms with Gasteiger partial charge >= 0.3 is 5.97 Å². The Morgan fingerprint density at radius 3 is 2.50 bits per heavy atom. The van der Waals surface area contributed by atoms with Crippen LogP contribution in [0.2, 0.25) is 0 Å². The molecule has 2 N–H and O–H groups in total. The second kappa shape index (κ2) is 9.00. The number of nitrogens with one attached hydrogen (secondary N) is 1. The number of carbonyl (C=O) groups excluding carboxylic acids is 2. The lowest BCUT2D eigenvalue weighted by Crippen LogP contribution is -2.42. The number of carbonyl (C=O) groups is 3. The molecule has 7 nitrogen and oxygen atoms in total. The molecular weight excluding hydrogens is 358 g/mol. The first-order valence-corrected chi connectivity index (χ1v) is 8.67. The number of amides is 2. The molecule has 26 heavy (non-hydrogen) atoms. The second-order valence-corrected chi connectivity index (χ2v) is 6.56. The first kappa shape index (κ1) is 20.2. The molecule has 0 spiro atoms. The summed E-state index contributed by atoms with van der Waals surface area (Å²) in [5.74, 6) is -0.885. The van der Waals surface area contributed by atoms with Crippen LogP contribution < -0.4 is 10.2 Å². The molecule has 1 atom stereocenters. The highest BCUT2D eigenvalue weighted by Gasteiger charge is 2.31. The summed E-state index contributed by atoms with van der Waals surface area (Å²) in [5, 5.41) is 12.0. The van der Waals surface area contributed by atoms with Gasteiger partial charge in [0.05, 0.1) is 6.54 Å². The first-order chi connectivity index (χ1) is 12.0. The van der Waals surface area contributed by atoms with Crippen molar-refractivity contribution in [1.82, 2.24) is 10.2 Å². The van der Waals surface area contributed by atoms with Crippen molar-refractivity contribution >= 4 is 35.9 Å². The van der Waals surface area contributed by atoms with Crippen LogP contribution >= 0.6 is 12.4 Å². The van der Waals surface area contributed by atoms with Crippen molar-refractivity contribution in [3.05, 3.63) is 29.8 Å². The van der Waals surface area contributed by atoms with Gasteiger partial charge in [-0.15, -0.1) is 12.4 Å². The minimum absolute atomic E-state index is 0. The average Bonchev–Trinajstić information content (AvgIpc) is 3.22. The van der Waals surface area contributed by atoms with Gasteiger partial charge in [-0.25, -0.2) is 0 Å². The molecule has 0 bridgehead atoms. The maximum absolute atomic E-state index is 12.1. The van der Waals surface area contributed by atoms with Crippen LogP contribution in [-0.2, 0) is 20.9 Å². The van der Waals surface area contributed by atoms with Crippen molar-refractivity contribution in [2.45, 2.75) is 38.3 Å². The number of hydrogen-bond donors (Lipinski definition) is 2. The number of benzene rings is 1. The predicted molar refractivity (Wildman–Crippen MR) is 99.4 cm³/mol. The molecule has 0 aromatic heterocycles. The number of hydrogen-bond acceptors (Lipinski definition) is 4. The van der Waals surface area contributed by atoms with Gasteiger partial charge in [0.1, 0.15) is 6.04 Å². The van der Waals surface area contributed by atoms with Gasteiger partial charge in [-0.05, 0) is 43.5 Å². The maximum Gasteiger partial charge on any atom is 0.320 e. The minimum atomic E-state index is -0.864. The van der Waals surface area contributed by atoms with Gasteiger partial charge in [-0.2, -0.15) is 0 Å². The summed E-state index contributed by atoms with van der Waals surface area (Å²) in [7, 11) is 0. The number of halogens is 1. The van der Waals surface area contributed by atoms with Crippen molar-refractivity contribution in [1.29, 1.82) is 0 Å². The zero-order valence-corrected chi connectivity index (χ0v) is 15.3. The van der Waals surface area contributed by atoms with E-state index in [0.717, 1.165) is 30.6 Å². The Morgan fingerprint density at radius 2 is 1.88 bits per heavy atom. The topological polar surface area (TPSA) is 89.9 Å². The van der Waals surface area contributed by atoms with Crippen LogP contribution in [0.25, 0.3) is 0 Å². The number of carboxylic acids is 1. The van der Waals surface area contributed by atoms with Crippen LogP contribution in [0.5, 0.6) is 0 Å². The number of carboxylic acid groups (broad SMARTS) is 1. The summed E-state index contributed by atoms with van der Waals surface area (Å²) < 4.78 is 0. The predicted octanol–water partition coefficient (Wildman–Crippen LogP) is 1.40. The van der Waals surface area contributed by atoms with E-state index < -0.39 is 12.0 Å². The zero-order chi connectivity index (χ0) is 17.8. The fraction of sp³-hybridized carbons (Fsp3) is 0.500. The summed E-state index contributed by atoms with van der Waals surface area (Å²) in [5.41, 5.74) is 1.83. The lowest BCUT2D eigenvalue weighted by Gasteiger charge is -2.20. The highest BCUT2D eigenvalue weighted by molar-refractivity contribution is 5.95. The van der Waals surface area contributed by atoms with Crippen LogP contribution in [0.4, 0.5) is 5.69 Å². The summed E-state index contributed by atoms with van der Waals surface area (Å²) in [6, 6.07) is 7.04. The summed E-state index contributed by atoms with van der Waals surface area (Å²) >= 11 is 0. The maximum atomic E-state index is 12.1. The van der Waals surface area contributed by atoms with Crippen molar-refractivity contribution in [3.63, 3.8) is 0 Å². The normalized spacial score (nSPS) is 20.1. The van der Waals surface area contributed by atoms with E-state index in [9.17, 15) is 14.4 Å². The highest BCUT2D eigenvalue weighted by atomic mass is 35.5. The Morgan fingerprint density at radius 1 is 1.15 bits per heavy atom. The largest absolute Gasteiger partial charge is 0.480 e. The van der Waals surface area contributed by atoms with Crippen LogP contribution in [0, 0.1) is 0 Å². The van der Waals surface area contributed by atoms with Gasteiger partial charge < -0.3 is 15.3 Å². The summed E-state index contributed by atoms with van der Waals surface area (Å²) in [4.78, 5) is 38.4. The molecule has 0 radical (unpaired) electrons. The van der Waals surface area contributed by atoms with Crippen LogP contribution in [0.15, 0.2) is 24.3 Å². The highest BCUT2D eigenvalue weighted by Crippen LogP contribution is 2.21. The van der Waals surface area contributed by atoms with E-state index in [1.807, 2.05) is 24.3 Å². The quantitative estimate of drug-likeness (QED) is 0.777. The van der Waals surface area contributed by atoms with E-state index in [1.165, 1.54) is 0 Å². The number of likely N-dealkylation sites (tertiary alicyclic amines) is 1. The molecule has 0 saturated carbocycles. The molecule has 2 saturated heterocycles. The molecule has 2 amide bonds. The molecule has 0 unspecified atom stereocenters. The fourth-order valence-electron chi connectivity index (χ4n) is 3.45. The third-order valence-electron chi connectivity index (χ3n) is 4.81. The first-order valence-electron chi connectivity index (χ1n) is 8.67. The van der Waals surface area contributed by atoms with Gasteiger partial charge in [-0.3, -0.25) is 19.3 Å². The fourth-order valence-corrected chi connectivity index (χ4v) is 3.45. The minimum Gasteiger partial charge on any atom is -0.480 e. The second-order valence-electron chi connectivity index (χ2n) is 6.56. The van der Waals surface area contributed by atoms with Crippen LogP contribution in [0.3, 0.4) is 0 Å². The molecule has 1 aromatic carbocycles. The van der Waals surface area contributed by atoms with Crippen LogP contribution in [0.1, 0.15) is 31.2 Å². The lowest BCUT2D eigenvalue weighted by atomic mass is 10.2. The third-order valence-corrected chi connectivity index (χ3v) is 4.81. The molecule has 2 fully saturated rings. The Bertz CT molecular complexity index is 665. The monoisotopic (exact) mass is 381 g/mol. The van der Waals surface area contributed by atoms with E-state index in [0.29, 0.717) is 25.9 Å². The van der Waals surface area contributed by atoms with E-state index in [2.05, 4.69) is 5.32 Å². The Hall–Kier alpha value is -2.12. The van der Waals surface area contributed by atoms with E-state index in [4.69, 9.17) is 5.11 Å². The average molecular weight is 382 g/mol. The molecule has 2 aliphatic rings. The summed E-state index contributed by atoms with van der Waals surface area (Å²) in [6.07, 6.45) is 2.90. The van der Waals surface area contributed by atoms with Crippen molar-refractivity contribution in [3.8, 4) is 0 Å². The Kier molecular flexibility index (Phi) is 6.99. The van der Waals surface area contributed by atoms with Crippen molar-refractivity contribution in [2.24, 2.45) is 0 Å². The SMILES string of the molecule is Cl.O=C(CN1CCC[C@H]1C(=O)O)NCc1ccc(N2CCCC2=O)cc1. The molecular formula is C18H24ClN3O4. The van der Waals surface area contributed by atoms with E-state index >= 15 is 0 Å². The van der Waals surface area contributed by atoms with Crippen molar-refractivity contribution in [2.75, 3.05) is 24.5 Å². The Balaban J connectivity index is 0.00000243. The number of nitrogens with zero attached hydrogens (tertiary/aromatic N) is 2. The van der Waals surface area contributed by atoms with Gasteiger partial charge in [0.2, 0.25) is 11.8 Å². The smallest absolute Gasteiger partial charge is 0.320 e. The van der Waals surface area contributed by atoms with E-state index in [1.54, 1.807) is 9.80 Å². The summed E-state index contributed by atoms with van der Waals surface area (Å²) in [6.45, 7) is 1.90. The molecule has 142 valence electrons. The molecule has 0 aliphatic carbocycles. The number of aliphatic carboxylic acids is 1. The third kappa shape index (κ3) is 4.74. The zero-order valence-electron chi connectivity index (χ0n) is 14.5. The molecule has 1 aromatic rings.